The molecule has 0 fully saturated rings. The molecule has 0 spiro atoms. The average Bonchev–Trinajstić information content (AvgIpc) is 2.20. The molecule has 0 aromatic carbocycles. The van der Waals surface area contributed by atoms with Gasteiger partial charge in [-0.15, -0.1) is 0 Å². The Kier molecular flexibility index (Phi) is 1.88. The molecule has 2 heterocycles. The molecule has 0 aliphatic carbocycles. The molecule has 4 heteroatoms. The summed E-state index contributed by atoms with van der Waals surface area (Å²) < 4.78 is 0. The predicted molar refractivity (Wildman–Crippen MR) is 45.4 cm³/mol. The van der Waals surface area contributed by atoms with E-state index in [1.165, 1.54) is 12.3 Å². The highest BCUT2D eigenvalue weighted by atomic mass is 16.3. The molecule has 2 aromatic rings. The molecule has 13 heavy (non-hydrogen) atoms. The molecule has 2 aromatic heterocycles. The number of nitrogens with zero attached hydrogens (tertiary/aromatic N) is 3. The Bertz CT molecular complexity index is 385. The zero-order chi connectivity index (χ0) is 9.10. The van der Waals surface area contributed by atoms with Crippen molar-refractivity contribution in [2.24, 2.45) is 0 Å². The van der Waals surface area contributed by atoms with E-state index in [1.807, 2.05) is 0 Å². The van der Waals surface area contributed by atoms with Crippen LogP contribution in [0.3, 0.4) is 0 Å². The van der Waals surface area contributed by atoms with Gasteiger partial charge in [-0.2, -0.15) is 0 Å². The maximum Gasteiger partial charge on any atom is 0.196 e. The molecule has 0 aliphatic rings. The third kappa shape index (κ3) is 1.61. The quantitative estimate of drug-likeness (QED) is 0.657. The molecule has 0 atom stereocenters. The van der Waals surface area contributed by atoms with Crippen molar-refractivity contribution in [3.05, 3.63) is 36.9 Å². The van der Waals surface area contributed by atoms with Crippen LogP contribution >= 0.6 is 0 Å². The van der Waals surface area contributed by atoms with E-state index in [0.717, 1.165) is 0 Å². The van der Waals surface area contributed by atoms with Crippen LogP contribution in [0, 0.1) is 0 Å². The van der Waals surface area contributed by atoms with E-state index in [9.17, 15) is 5.11 Å². The van der Waals surface area contributed by atoms with Crippen molar-refractivity contribution in [3.8, 4) is 17.1 Å². The lowest BCUT2D eigenvalue weighted by molar-refractivity contribution is 0.353. The van der Waals surface area contributed by atoms with Gasteiger partial charge >= 0.3 is 0 Å². The summed E-state index contributed by atoms with van der Waals surface area (Å²) in [6.45, 7) is 0. The number of hydrogen-bond donors (Lipinski definition) is 0. The minimum atomic E-state index is -0.104. The second-order valence-corrected chi connectivity index (χ2v) is 2.47. The van der Waals surface area contributed by atoms with E-state index in [2.05, 4.69) is 15.0 Å². The summed E-state index contributed by atoms with van der Waals surface area (Å²) >= 11 is 0. The van der Waals surface area contributed by atoms with Gasteiger partial charge in [0.2, 0.25) is 0 Å². The van der Waals surface area contributed by atoms with E-state index in [0.29, 0.717) is 11.4 Å². The van der Waals surface area contributed by atoms with E-state index in [1.54, 1.807) is 24.7 Å². The van der Waals surface area contributed by atoms with Crippen LogP contribution in [0.15, 0.2) is 36.9 Å². The number of rotatable bonds is 1. The zero-order valence-corrected chi connectivity index (χ0v) is 6.71. The normalized spacial score (nSPS) is 9.85. The molecule has 0 N–H and O–H groups in total. The van der Waals surface area contributed by atoms with E-state index in [-0.39, 0.29) is 5.75 Å². The van der Waals surface area contributed by atoms with Crippen LogP contribution in [0.4, 0.5) is 0 Å². The van der Waals surface area contributed by atoms with Crippen LogP contribution in [0.5, 0.6) is 5.75 Å². The molecule has 1 radical (unpaired) electrons. The second kappa shape index (κ2) is 3.18. The van der Waals surface area contributed by atoms with Crippen molar-refractivity contribution in [2.75, 3.05) is 0 Å². The summed E-state index contributed by atoms with van der Waals surface area (Å²) in [7, 11) is 0. The Hall–Kier alpha value is -1.97. The molecule has 0 saturated heterocycles. The van der Waals surface area contributed by atoms with Crippen LogP contribution in [-0.4, -0.2) is 15.0 Å². The van der Waals surface area contributed by atoms with E-state index >= 15 is 0 Å². The van der Waals surface area contributed by atoms with Gasteiger partial charge in [-0.1, -0.05) is 0 Å². The summed E-state index contributed by atoms with van der Waals surface area (Å²) in [5, 5.41) is 10.8. The van der Waals surface area contributed by atoms with Crippen molar-refractivity contribution in [2.45, 2.75) is 0 Å². The smallest absolute Gasteiger partial charge is 0.196 e. The highest BCUT2D eigenvalue weighted by Crippen LogP contribution is 2.15. The van der Waals surface area contributed by atoms with Gasteiger partial charge < -0.3 is 0 Å². The van der Waals surface area contributed by atoms with Crippen LogP contribution in [-0.2, 0) is 5.11 Å². The largest absolute Gasteiger partial charge is 0.288 e. The lowest BCUT2D eigenvalue weighted by Crippen LogP contribution is -1.86. The summed E-state index contributed by atoms with van der Waals surface area (Å²) in [4.78, 5) is 11.9. The summed E-state index contributed by atoms with van der Waals surface area (Å²) in [6, 6.07) is 3.09. The first kappa shape index (κ1) is 7.67. The van der Waals surface area contributed by atoms with E-state index < -0.39 is 0 Å². The SMILES string of the molecule is [O]c1ccc(-c2cnccn2)nc1. The number of pyridine rings is 1. The molecule has 0 saturated carbocycles. The van der Waals surface area contributed by atoms with Crippen molar-refractivity contribution >= 4 is 0 Å². The number of aromatic nitrogens is 3. The Morgan fingerprint density at radius 1 is 0.923 bits per heavy atom. The first-order valence-corrected chi connectivity index (χ1v) is 3.76. The van der Waals surface area contributed by atoms with Crippen molar-refractivity contribution in [1.82, 2.24) is 15.0 Å². The van der Waals surface area contributed by atoms with Crippen LogP contribution in [0.1, 0.15) is 0 Å². The number of hydrogen-bond acceptors (Lipinski definition) is 3. The van der Waals surface area contributed by atoms with Gasteiger partial charge in [0.25, 0.3) is 0 Å². The minimum Gasteiger partial charge on any atom is -0.288 e. The van der Waals surface area contributed by atoms with Crippen molar-refractivity contribution < 1.29 is 5.11 Å². The van der Waals surface area contributed by atoms with Crippen LogP contribution < -0.4 is 0 Å². The fourth-order valence-corrected chi connectivity index (χ4v) is 0.963. The lowest BCUT2D eigenvalue weighted by Gasteiger charge is -1.96. The van der Waals surface area contributed by atoms with E-state index in [4.69, 9.17) is 0 Å². The Morgan fingerprint density at radius 3 is 2.46 bits per heavy atom. The summed E-state index contributed by atoms with van der Waals surface area (Å²) in [5.74, 6) is -0.104. The molecule has 0 unspecified atom stereocenters. The summed E-state index contributed by atoms with van der Waals surface area (Å²) in [6.07, 6.45) is 6.05. The first-order chi connectivity index (χ1) is 6.36. The van der Waals surface area contributed by atoms with Gasteiger partial charge in [0.15, 0.2) is 5.75 Å². The zero-order valence-electron chi connectivity index (χ0n) is 6.71. The maximum atomic E-state index is 10.8. The summed E-state index contributed by atoms with van der Waals surface area (Å²) in [5.41, 5.74) is 1.33. The predicted octanol–water partition coefficient (Wildman–Crippen LogP) is 1.68. The molecule has 0 bridgehead atoms. The van der Waals surface area contributed by atoms with Gasteiger partial charge in [-0.3, -0.25) is 20.1 Å². The minimum absolute atomic E-state index is 0.104. The van der Waals surface area contributed by atoms with Gasteiger partial charge in [0.1, 0.15) is 5.69 Å². The highest BCUT2D eigenvalue weighted by molar-refractivity contribution is 5.52. The molecule has 0 amide bonds. The Morgan fingerprint density at radius 2 is 1.85 bits per heavy atom. The monoisotopic (exact) mass is 172 g/mol. The van der Waals surface area contributed by atoms with Crippen molar-refractivity contribution in [3.63, 3.8) is 0 Å². The van der Waals surface area contributed by atoms with Gasteiger partial charge in [-0.05, 0) is 12.1 Å². The van der Waals surface area contributed by atoms with Crippen LogP contribution in [0.25, 0.3) is 11.4 Å². The first-order valence-electron chi connectivity index (χ1n) is 3.76. The Labute approximate surface area is 74.9 Å². The van der Waals surface area contributed by atoms with Gasteiger partial charge in [-0.25, -0.2) is 0 Å². The third-order valence-corrected chi connectivity index (χ3v) is 1.56. The van der Waals surface area contributed by atoms with Crippen molar-refractivity contribution in [1.29, 1.82) is 0 Å². The highest BCUT2D eigenvalue weighted by Gasteiger charge is 1.99. The van der Waals surface area contributed by atoms with Crippen LogP contribution in [0.2, 0.25) is 0 Å². The average molecular weight is 172 g/mol. The molecule has 63 valence electrons. The maximum absolute atomic E-state index is 10.8. The van der Waals surface area contributed by atoms with Gasteiger partial charge in [0.05, 0.1) is 18.1 Å². The molecule has 2 rings (SSSR count). The second-order valence-electron chi connectivity index (χ2n) is 2.47. The fourth-order valence-electron chi connectivity index (χ4n) is 0.963. The topological polar surface area (TPSA) is 58.6 Å². The van der Waals surface area contributed by atoms with Gasteiger partial charge in [0, 0.05) is 12.4 Å². The molecular formula is C9H6N3O. The Balaban J connectivity index is 2.42. The standard InChI is InChI=1S/C9H6N3O/c13-7-1-2-8(12-5-7)9-6-10-3-4-11-9/h1-6H. The molecule has 4 nitrogen and oxygen atoms in total. The molecule has 0 aliphatic heterocycles. The fraction of sp³-hybridized carbons (Fsp3) is 0. The third-order valence-electron chi connectivity index (χ3n) is 1.56. The lowest BCUT2D eigenvalue weighted by atomic mass is 10.3. The molecular weight excluding hydrogens is 166 g/mol.